The third kappa shape index (κ3) is 4.73. The normalized spacial score (nSPS) is 25.2. The Kier molecular flexibility index (Phi) is 5.75. The van der Waals surface area contributed by atoms with Crippen LogP contribution in [0.3, 0.4) is 0 Å². The van der Waals surface area contributed by atoms with Gasteiger partial charge in [0.2, 0.25) is 11.8 Å². The molecule has 7 heteroatoms. The Morgan fingerprint density at radius 2 is 2.10 bits per heavy atom. The fraction of sp³-hybridized carbons (Fsp3) is 0.846. The number of primary amides is 1. The maximum atomic E-state index is 12.3. The molecule has 0 aliphatic carbocycles. The number of hydrogen-bond acceptors (Lipinski definition) is 5. The van der Waals surface area contributed by atoms with E-state index in [0.717, 1.165) is 32.6 Å². The first-order valence-corrected chi connectivity index (χ1v) is 7.26. The molecule has 0 aromatic heterocycles. The molecule has 2 fully saturated rings. The molecule has 20 heavy (non-hydrogen) atoms. The van der Waals surface area contributed by atoms with Gasteiger partial charge in [-0.1, -0.05) is 0 Å². The van der Waals surface area contributed by atoms with Gasteiger partial charge in [0, 0.05) is 39.3 Å². The largest absolute Gasteiger partial charge is 0.375 e. The second-order valence-electron chi connectivity index (χ2n) is 5.38. The Labute approximate surface area is 119 Å². The van der Waals surface area contributed by atoms with Gasteiger partial charge in [-0.2, -0.15) is 0 Å². The molecule has 1 unspecified atom stereocenters. The fourth-order valence-electron chi connectivity index (χ4n) is 2.67. The zero-order valence-corrected chi connectivity index (χ0v) is 11.8. The Hall–Kier alpha value is -1.18. The SMILES string of the molecule is NC(=O)CN1CCCN(C(=O)CC2CNCCO2)CC1. The van der Waals surface area contributed by atoms with Crippen LogP contribution in [0.15, 0.2) is 0 Å². The minimum absolute atomic E-state index is 0.0128. The van der Waals surface area contributed by atoms with Gasteiger partial charge in [0.25, 0.3) is 0 Å². The number of carbonyl (C=O) groups is 2. The van der Waals surface area contributed by atoms with Crippen molar-refractivity contribution in [2.75, 3.05) is 52.4 Å². The summed E-state index contributed by atoms with van der Waals surface area (Å²) in [7, 11) is 0. The molecule has 3 N–H and O–H groups in total. The molecule has 2 amide bonds. The maximum absolute atomic E-state index is 12.3. The molecule has 2 rings (SSSR count). The van der Waals surface area contributed by atoms with E-state index in [1.807, 2.05) is 9.80 Å². The highest BCUT2D eigenvalue weighted by Gasteiger charge is 2.23. The van der Waals surface area contributed by atoms with E-state index < -0.39 is 0 Å². The van der Waals surface area contributed by atoms with Crippen molar-refractivity contribution in [1.82, 2.24) is 15.1 Å². The average Bonchev–Trinajstić information content (AvgIpc) is 2.65. The molecule has 2 aliphatic rings. The first-order chi connectivity index (χ1) is 9.65. The van der Waals surface area contributed by atoms with Crippen molar-refractivity contribution in [3.05, 3.63) is 0 Å². The van der Waals surface area contributed by atoms with E-state index in [1.54, 1.807) is 0 Å². The third-order valence-corrected chi connectivity index (χ3v) is 3.73. The highest BCUT2D eigenvalue weighted by atomic mass is 16.5. The summed E-state index contributed by atoms with van der Waals surface area (Å²) in [5, 5.41) is 3.23. The molecule has 0 aromatic rings. The molecule has 1 atom stereocenters. The minimum atomic E-state index is -0.313. The second-order valence-corrected chi connectivity index (χ2v) is 5.38. The summed E-state index contributed by atoms with van der Waals surface area (Å²) < 4.78 is 5.56. The molecule has 0 aromatic carbocycles. The standard InChI is InChI=1S/C13H24N4O3/c14-12(18)10-16-3-1-4-17(6-5-16)13(19)8-11-9-15-2-7-20-11/h11,15H,1-10H2,(H2,14,18). The Morgan fingerprint density at radius 3 is 2.80 bits per heavy atom. The van der Waals surface area contributed by atoms with Gasteiger partial charge in [0.05, 0.1) is 25.7 Å². The summed E-state index contributed by atoms with van der Waals surface area (Å²) in [6.07, 6.45) is 1.30. The Bertz CT molecular complexity index is 345. The van der Waals surface area contributed by atoms with E-state index in [0.29, 0.717) is 26.1 Å². The van der Waals surface area contributed by atoms with E-state index in [9.17, 15) is 9.59 Å². The number of ether oxygens (including phenoxy) is 1. The van der Waals surface area contributed by atoms with Gasteiger partial charge in [-0.15, -0.1) is 0 Å². The molecule has 2 aliphatic heterocycles. The molecule has 0 spiro atoms. The summed E-state index contributed by atoms with van der Waals surface area (Å²) in [5.74, 6) is -0.175. The Morgan fingerprint density at radius 1 is 1.25 bits per heavy atom. The van der Waals surface area contributed by atoms with E-state index in [4.69, 9.17) is 10.5 Å². The zero-order valence-electron chi connectivity index (χ0n) is 11.8. The van der Waals surface area contributed by atoms with Crippen LogP contribution in [0.2, 0.25) is 0 Å². The lowest BCUT2D eigenvalue weighted by Gasteiger charge is -2.27. The number of carbonyl (C=O) groups excluding carboxylic acids is 2. The van der Waals surface area contributed by atoms with Crippen LogP contribution in [-0.2, 0) is 14.3 Å². The van der Waals surface area contributed by atoms with Gasteiger partial charge >= 0.3 is 0 Å². The van der Waals surface area contributed by atoms with Gasteiger partial charge < -0.3 is 20.7 Å². The number of morpholine rings is 1. The number of amides is 2. The van der Waals surface area contributed by atoms with E-state index >= 15 is 0 Å². The smallest absolute Gasteiger partial charge is 0.231 e. The van der Waals surface area contributed by atoms with Gasteiger partial charge in [-0.05, 0) is 6.42 Å². The molecule has 0 radical (unpaired) electrons. The van der Waals surface area contributed by atoms with Gasteiger partial charge in [0.15, 0.2) is 0 Å². The molecular weight excluding hydrogens is 260 g/mol. The lowest BCUT2D eigenvalue weighted by molar-refractivity contribution is -0.134. The fourth-order valence-corrected chi connectivity index (χ4v) is 2.67. The lowest BCUT2D eigenvalue weighted by Crippen LogP contribution is -2.43. The quantitative estimate of drug-likeness (QED) is 0.648. The number of hydrogen-bond donors (Lipinski definition) is 2. The van der Waals surface area contributed by atoms with Crippen LogP contribution >= 0.6 is 0 Å². The van der Waals surface area contributed by atoms with E-state index in [1.165, 1.54) is 0 Å². The molecule has 114 valence electrons. The van der Waals surface area contributed by atoms with Crippen LogP contribution in [0.4, 0.5) is 0 Å². The van der Waals surface area contributed by atoms with Crippen molar-refractivity contribution in [3.8, 4) is 0 Å². The van der Waals surface area contributed by atoms with E-state index in [2.05, 4.69) is 5.32 Å². The van der Waals surface area contributed by atoms with Gasteiger partial charge in [0.1, 0.15) is 0 Å². The highest BCUT2D eigenvalue weighted by molar-refractivity contribution is 5.77. The first kappa shape index (κ1) is 15.2. The van der Waals surface area contributed by atoms with Crippen LogP contribution in [0.5, 0.6) is 0 Å². The second kappa shape index (κ2) is 7.56. The summed E-state index contributed by atoms with van der Waals surface area (Å²) in [4.78, 5) is 27.1. The first-order valence-electron chi connectivity index (χ1n) is 7.26. The van der Waals surface area contributed by atoms with Crippen LogP contribution in [0.1, 0.15) is 12.8 Å². The summed E-state index contributed by atoms with van der Waals surface area (Å²) in [6.45, 7) is 5.47. The summed E-state index contributed by atoms with van der Waals surface area (Å²) in [6, 6.07) is 0. The number of nitrogens with two attached hydrogens (primary N) is 1. The van der Waals surface area contributed by atoms with Crippen molar-refractivity contribution in [2.45, 2.75) is 18.9 Å². The maximum Gasteiger partial charge on any atom is 0.231 e. The lowest BCUT2D eigenvalue weighted by atomic mass is 10.2. The molecule has 2 heterocycles. The molecular formula is C13H24N4O3. The molecule has 2 saturated heterocycles. The average molecular weight is 284 g/mol. The van der Waals surface area contributed by atoms with Crippen LogP contribution < -0.4 is 11.1 Å². The van der Waals surface area contributed by atoms with Crippen molar-refractivity contribution in [2.24, 2.45) is 5.73 Å². The molecule has 7 nitrogen and oxygen atoms in total. The van der Waals surface area contributed by atoms with Crippen LogP contribution in [0.25, 0.3) is 0 Å². The highest BCUT2D eigenvalue weighted by Crippen LogP contribution is 2.08. The summed E-state index contributed by atoms with van der Waals surface area (Å²) in [5.41, 5.74) is 5.21. The number of nitrogens with zero attached hydrogens (tertiary/aromatic N) is 2. The monoisotopic (exact) mass is 284 g/mol. The zero-order chi connectivity index (χ0) is 14.4. The van der Waals surface area contributed by atoms with Crippen molar-refractivity contribution >= 4 is 11.8 Å². The van der Waals surface area contributed by atoms with Crippen molar-refractivity contribution < 1.29 is 14.3 Å². The number of rotatable bonds is 4. The van der Waals surface area contributed by atoms with Gasteiger partial charge in [-0.3, -0.25) is 14.5 Å². The predicted molar refractivity (Wildman–Crippen MR) is 74.1 cm³/mol. The van der Waals surface area contributed by atoms with Crippen molar-refractivity contribution in [1.29, 1.82) is 0 Å². The predicted octanol–water partition coefficient (Wildman–Crippen LogP) is -1.62. The number of nitrogens with one attached hydrogen (secondary N) is 1. The summed E-state index contributed by atoms with van der Waals surface area (Å²) >= 11 is 0. The third-order valence-electron chi connectivity index (χ3n) is 3.73. The van der Waals surface area contributed by atoms with E-state index in [-0.39, 0.29) is 24.5 Å². The van der Waals surface area contributed by atoms with Crippen LogP contribution in [-0.4, -0.2) is 80.1 Å². The van der Waals surface area contributed by atoms with Crippen LogP contribution in [0, 0.1) is 0 Å². The Balaban J connectivity index is 1.77. The minimum Gasteiger partial charge on any atom is -0.375 e. The topological polar surface area (TPSA) is 87.9 Å². The molecule has 0 saturated carbocycles. The van der Waals surface area contributed by atoms with Crippen molar-refractivity contribution in [3.63, 3.8) is 0 Å². The molecule has 0 bridgehead atoms. The van der Waals surface area contributed by atoms with Gasteiger partial charge in [-0.25, -0.2) is 0 Å².